The second kappa shape index (κ2) is 8.45. The molecule has 0 atom stereocenters. The first kappa shape index (κ1) is 17.2. The minimum absolute atomic E-state index is 0.572. The SMILES string of the molecule is COc1ccc(NCc2ccc(OCc3ccccc3)cc2)cc1Cl. The maximum absolute atomic E-state index is 6.14. The molecule has 3 aromatic rings. The molecule has 0 fully saturated rings. The van der Waals surface area contributed by atoms with Crippen LogP contribution >= 0.6 is 11.6 Å². The van der Waals surface area contributed by atoms with Crippen molar-refractivity contribution in [2.45, 2.75) is 13.2 Å². The van der Waals surface area contributed by atoms with Crippen molar-refractivity contribution in [1.29, 1.82) is 0 Å². The molecule has 0 bridgehead atoms. The zero-order valence-corrected chi connectivity index (χ0v) is 14.8. The molecule has 0 saturated carbocycles. The van der Waals surface area contributed by atoms with E-state index in [-0.39, 0.29) is 0 Å². The number of halogens is 1. The van der Waals surface area contributed by atoms with Gasteiger partial charge in [-0.15, -0.1) is 0 Å². The zero-order chi connectivity index (χ0) is 17.5. The van der Waals surface area contributed by atoms with Crippen LogP contribution in [0.5, 0.6) is 11.5 Å². The molecule has 0 spiro atoms. The molecule has 128 valence electrons. The largest absolute Gasteiger partial charge is 0.495 e. The van der Waals surface area contributed by atoms with Gasteiger partial charge in [0.05, 0.1) is 12.1 Å². The third-order valence-electron chi connectivity index (χ3n) is 3.82. The van der Waals surface area contributed by atoms with Gasteiger partial charge in [-0.1, -0.05) is 54.1 Å². The molecule has 25 heavy (non-hydrogen) atoms. The maximum atomic E-state index is 6.14. The van der Waals surface area contributed by atoms with E-state index in [2.05, 4.69) is 29.6 Å². The van der Waals surface area contributed by atoms with Crippen molar-refractivity contribution in [1.82, 2.24) is 0 Å². The van der Waals surface area contributed by atoms with E-state index in [0.29, 0.717) is 23.9 Å². The Hall–Kier alpha value is -2.65. The Bertz CT molecular complexity index is 804. The average molecular weight is 354 g/mol. The van der Waals surface area contributed by atoms with Gasteiger partial charge in [-0.05, 0) is 41.5 Å². The highest BCUT2D eigenvalue weighted by Crippen LogP contribution is 2.27. The van der Waals surface area contributed by atoms with E-state index in [4.69, 9.17) is 21.1 Å². The fourth-order valence-electron chi connectivity index (χ4n) is 2.42. The van der Waals surface area contributed by atoms with Gasteiger partial charge in [0.25, 0.3) is 0 Å². The van der Waals surface area contributed by atoms with Gasteiger partial charge in [0.15, 0.2) is 0 Å². The number of nitrogens with one attached hydrogen (secondary N) is 1. The van der Waals surface area contributed by atoms with Crippen LogP contribution in [-0.2, 0) is 13.2 Å². The Labute approximate surface area is 153 Å². The van der Waals surface area contributed by atoms with Crippen molar-refractivity contribution in [3.05, 3.63) is 88.9 Å². The predicted octanol–water partition coefficient (Wildman–Crippen LogP) is 5.54. The number of methoxy groups -OCH3 is 1. The summed E-state index contributed by atoms with van der Waals surface area (Å²) in [4.78, 5) is 0. The van der Waals surface area contributed by atoms with E-state index < -0.39 is 0 Å². The standard InChI is InChI=1S/C21H20ClNO2/c1-24-21-12-9-18(13-20(21)22)23-14-16-7-10-19(11-8-16)25-15-17-5-3-2-4-6-17/h2-13,23H,14-15H2,1H3. The number of hydrogen-bond donors (Lipinski definition) is 1. The molecule has 0 aliphatic rings. The van der Waals surface area contributed by atoms with Gasteiger partial charge in [-0.25, -0.2) is 0 Å². The summed E-state index contributed by atoms with van der Waals surface area (Å²) in [7, 11) is 1.61. The molecule has 1 N–H and O–H groups in total. The Kier molecular flexibility index (Phi) is 5.81. The van der Waals surface area contributed by atoms with E-state index in [0.717, 1.165) is 17.0 Å². The van der Waals surface area contributed by atoms with E-state index in [1.807, 2.05) is 48.5 Å². The lowest BCUT2D eigenvalue weighted by atomic mass is 10.2. The van der Waals surface area contributed by atoms with Crippen LogP contribution in [0.3, 0.4) is 0 Å². The first-order chi connectivity index (χ1) is 12.2. The van der Waals surface area contributed by atoms with E-state index in [9.17, 15) is 0 Å². The molecule has 3 rings (SSSR count). The van der Waals surface area contributed by atoms with Gasteiger partial charge < -0.3 is 14.8 Å². The normalized spacial score (nSPS) is 10.3. The van der Waals surface area contributed by atoms with Gasteiger partial charge in [-0.3, -0.25) is 0 Å². The molecule has 0 aliphatic heterocycles. The van der Waals surface area contributed by atoms with E-state index in [1.165, 1.54) is 5.56 Å². The average Bonchev–Trinajstić information content (AvgIpc) is 2.66. The van der Waals surface area contributed by atoms with Crippen LogP contribution in [0.25, 0.3) is 0 Å². The van der Waals surface area contributed by atoms with Crippen LogP contribution in [0.4, 0.5) is 5.69 Å². The molecule has 4 heteroatoms. The van der Waals surface area contributed by atoms with Crippen LogP contribution in [0, 0.1) is 0 Å². The van der Waals surface area contributed by atoms with Crippen molar-refractivity contribution >= 4 is 17.3 Å². The number of rotatable bonds is 7. The van der Waals surface area contributed by atoms with Gasteiger partial charge in [0.1, 0.15) is 18.1 Å². The van der Waals surface area contributed by atoms with Crippen molar-refractivity contribution in [2.24, 2.45) is 0 Å². The van der Waals surface area contributed by atoms with Crippen LogP contribution in [-0.4, -0.2) is 7.11 Å². The minimum atomic E-state index is 0.572. The summed E-state index contributed by atoms with van der Waals surface area (Å²) in [6.45, 7) is 1.28. The van der Waals surface area contributed by atoms with Crippen LogP contribution < -0.4 is 14.8 Å². The first-order valence-electron chi connectivity index (χ1n) is 8.07. The molecule has 0 aromatic heterocycles. The van der Waals surface area contributed by atoms with Gasteiger partial charge in [0.2, 0.25) is 0 Å². The summed E-state index contributed by atoms with van der Waals surface area (Å²) in [5.41, 5.74) is 3.28. The Morgan fingerprint density at radius 3 is 2.32 bits per heavy atom. The topological polar surface area (TPSA) is 30.5 Å². The second-order valence-corrected chi connectivity index (χ2v) is 6.03. The van der Waals surface area contributed by atoms with Crippen LogP contribution in [0.2, 0.25) is 5.02 Å². The van der Waals surface area contributed by atoms with Gasteiger partial charge >= 0.3 is 0 Å². The summed E-state index contributed by atoms with van der Waals surface area (Å²) in [6.07, 6.45) is 0. The molecule has 3 nitrogen and oxygen atoms in total. The second-order valence-electron chi connectivity index (χ2n) is 5.62. The van der Waals surface area contributed by atoms with Crippen LogP contribution in [0.15, 0.2) is 72.8 Å². The molecule has 3 aromatic carbocycles. The Morgan fingerprint density at radius 2 is 1.64 bits per heavy atom. The van der Waals surface area contributed by atoms with Crippen molar-refractivity contribution in [2.75, 3.05) is 12.4 Å². The summed E-state index contributed by atoms with van der Waals surface area (Å²) in [6, 6.07) is 23.9. The lowest BCUT2D eigenvalue weighted by Crippen LogP contribution is -2.00. The van der Waals surface area contributed by atoms with Crippen LogP contribution in [0.1, 0.15) is 11.1 Å². The molecule has 0 heterocycles. The number of anilines is 1. The Morgan fingerprint density at radius 1 is 0.880 bits per heavy atom. The zero-order valence-electron chi connectivity index (χ0n) is 14.0. The molecular weight excluding hydrogens is 334 g/mol. The summed E-state index contributed by atoms with van der Waals surface area (Å²) in [5.74, 6) is 1.53. The van der Waals surface area contributed by atoms with E-state index >= 15 is 0 Å². The quantitative estimate of drug-likeness (QED) is 0.605. The van der Waals surface area contributed by atoms with Crippen molar-refractivity contribution in [3.8, 4) is 11.5 Å². The molecule has 0 aliphatic carbocycles. The summed E-state index contributed by atoms with van der Waals surface area (Å²) >= 11 is 6.14. The number of hydrogen-bond acceptors (Lipinski definition) is 3. The van der Waals surface area contributed by atoms with Crippen molar-refractivity contribution < 1.29 is 9.47 Å². The minimum Gasteiger partial charge on any atom is -0.495 e. The fourth-order valence-corrected chi connectivity index (χ4v) is 2.68. The first-order valence-corrected chi connectivity index (χ1v) is 8.45. The maximum Gasteiger partial charge on any atom is 0.137 e. The predicted molar refractivity (Wildman–Crippen MR) is 103 cm³/mol. The molecule has 0 amide bonds. The monoisotopic (exact) mass is 353 g/mol. The number of benzene rings is 3. The lowest BCUT2D eigenvalue weighted by molar-refractivity contribution is 0.306. The molecule has 0 radical (unpaired) electrons. The highest BCUT2D eigenvalue weighted by Gasteiger charge is 2.02. The summed E-state index contributed by atoms with van der Waals surface area (Å²) in [5, 5.41) is 3.94. The molecular formula is C21H20ClNO2. The smallest absolute Gasteiger partial charge is 0.137 e. The molecule has 0 unspecified atom stereocenters. The summed E-state index contributed by atoms with van der Waals surface area (Å²) < 4.78 is 11.0. The van der Waals surface area contributed by atoms with E-state index in [1.54, 1.807) is 7.11 Å². The lowest BCUT2D eigenvalue weighted by Gasteiger charge is -2.10. The third-order valence-corrected chi connectivity index (χ3v) is 4.12. The third kappa shape index (κ3) is 4.91. The van der Waals surface area contributed by atoms with Crippen molar-refractivity contribution in [3.63, 3.8) is 0 Å². The highest BCUT2D eigenvalue weighted by atomic mass is 35.5. The van der Waals surface area contributed by atoms with Gasteiger partial charge in [-0.2, -0.15) is 0 Å². The Balaban J connectivity index is 1.53. The number of ether oxygens (including phenoxy) is 2. The highest BCUT2D eigenvalue weighted by molar-refractivity contribution is 6.32. The molecule has 0 saturated heterocycles. The van der Waals surface area contributed by atoms with Gasteiger partial charge in [0, 0.05) is 12.2 Å². The fraction of sp³-hybridized carbons (Fsp3) is 0.143.